The van der Waals surface area contributed by atoms with Gasteiger partial charge in [-0.3, -0.25) is 0 Å². The summed E-state index contributed by atoms with van der Waals surface area (Å²) >= 11 is 0. The molecule has 1 saturated heterocycles. The van der Waals surface area contributed by atoms with Crippen molar-refractivity contribution in [3.8, 4) is 0 Å². The number of hydrogen-bond acceptors (Lipinski definition) is 2. The molecule has 1 fully saturated rings. The van der Waals surface area contributed by atoms with E-state index in [2.05, 4.69) is 28.1 Å². The number of benzene rings is 1. The van der Waals surface area contributed by atoms with Gasteiger partial charge in [0.25, 0.3) is 0 Å². The van der Waals surface area contributed by atoms with E-state index in [0.717, 1.165) is 32.4 Å². The lowest BCUT2D eigenvalue weighted by Crippen LogP contribution is -2.49. The number of amides is 2. The van der Waals surface area contributed by atoms with Crippen LogP contribution in [0.4, 0.5) is 4.79 Å². The van der Waals surface area contributed by atoms with E-state index in [1.54, 1.807) is 0 Å². The molecule has 0 saturated carbocycles. The maximum absolute atomic E-state index is 11.7. The van der Waals surface area contributed by atoms with E-state index in [4.69, 9.17) is 0 Å². The molecule has 18 heavy (non-hydrogen) atoms. The van der Waals surface area contributed by atoms with Crippen LogP contribution in [-0.4, -0.2) is 31.7 Å². The van der Waals surface area contributed by atoms with Crippen molar-refractivity contribution >= 4 is 6.03 Å². The predicted octanol–water partition coefficient (Wildman–Crippen LogP) is 1.28. The van der Waals surface area contributed by atoms with Crippen LogP contribution in [0.15, 0.2) is 30.3 Å². The maximum Gasteiger partial charge on any atom is 0.315 e. The van der Waals surface area contributed by atoms with E-state index in [0.29, 0.717) is 6.54 Å². The van der Waals surface area contributed by atoms with Crippen molar-refractivity contribution in [2.75, 3.05) is 19.6 Å². The normalized spacial score (nSPS) is 19.2. The second-order valence-electron chi connectivity index (χ2n) is 4.68. The molecule has 2 rings (SSSR count). The number of carbonyl (C=O) groups excluding carboxylic acids is 1. The van der Waals surface area contributed by atoms with E-state index in [1.807, 2.05) is 18.2 Å². The Morgan fingerprint density at radius 1 is 1.33 bits per heavy atom. The lowest BCUT2D eigenvalue weighted by atomic mass is 10.1. The fourth-order valence-corrected chi connectivity index (χ4v) is 2.18. The summed E-state index contributed by atoms with van der Waals surface area (Å²) < 4.78 is 0. The van der Waals surface area contributed by atoms with Crippen LogP contribution in [0.2, 0.25) is 0 Å². The van der Waals surface area contributed by atoms with Gasteiger partial charge in [0.15, 0.2) is 0 Å². The summed E-state index contributed by atoms with van der Waals surface area (Å²) in [5, 5.41) is 9.17. The zero-order valence-corrected chi connectivity index (χ0v) is 10.6. The molecule has 0 spiro atoms. The Hall–Kier alpha value is -1.55. The summed E-state index contributed by atoms with van der Waals surface area (Å²) in [4.78, 5) is 11.7. The zero-order chi connectivity index (χ0) is 12.6. The fourth-order valence-electron chi connectivity index (χ4n) is 2.18. The average molecular weight is 247 g/mol. The molecule has 1 aromatic carbocycles. The van der Waals surface area contributed by atoms with Crippen molar-refractivity contribution in [2.45, 2.75) is 25.3 Å². The third kappa shape index (κ3) is 4.37. The van der Waals surface area contributed by atoms with Crippen LogP contribution < -0.4 is 16.0 Å². The van der Waals surface area contributed by atoms with Crippen LogP contribution >= 0.6 is 0 Å². The number of carbonyl (C=O) groups is 1. The monoisotopic (exact) mass is 247 g/mol. The molecule has 2 amide bonds. The summed E-state index contributed by atoms with van der Waals surface area (Å²) in [7, 11) is 0. The van der Waals surface area contributed by atoms with E-state index in [9.17, 15) is 4.79 Å². The highest BCUT2D eigenvalue weighted by atomic mass is 16.2. The molecule has 0 unspecified atom stereocenters. The molecule has 4 nitrogen and oxygen atoms in total. The van der Waals surface area contributed by atoms with Gasteiger partial charge >= 0.3 is 6.03 Å². The second kappa shape index (κ2) is 7.01. The van der Waals surface area contributed by atoms with Gasteiger partial charge < -0.3 is 16.0 Å². The van der Waals surface area contributed by atoms with Crippen LogP contribution in [0, 0.1) is 0 Å². The Labute approximate surface area is 108 Å². The second-order valence-corrected chi connectivity index (χ2v) is 4.68. The first kappa shape index (κ1) is 12.9. The average Bonchev–Trinajstić information content (AvgIpc) is 2.41. The highest BCUT2D eigenvalue weighted by molar-refractivity contribution is 5.74. The van der Waals surface area contributed by atoms with Crippen molar-refractivity contribution in [2.24, 2.45) is 0 Å². The summed E-state index contributed by atoms with van der Waals surface area (Å²) in [6.07, 6.45) is 3.07. The lowest BCUT2D eigenvalue weighted by Gasteiger charge is -2.23. The van der Waals surface area contributed by atoms with Gasteiger partial charge in [0.05, 0.1) is 0 Å². The third-order valence-corrected chi connectivity index (χ3v) is 3.17. The third-order valence-electron chi connectivity index (χ3n) is 3.17. The van der Waals surface area contributed by atoms with Gasteiger partial charge in [0.1, 0.15) is 0 Å². The van der Waals surface area contributed by atoms with Crippen LogP contribution in [0.1, 0.15) is 18.4 Å². The number of rotatable bonds is 4. The highest BCUT2D eigenvalue weighted by Crippen LogP contribution is 2.01. The number of urea groups is 1. The van der Waals surface area contributed by atoms with Gasteiger partial charge in [-0.2, -0.15) is 0 Å². The fraction of sp³-hybridized carbons (Fsp3) is 0.500. The molecule has 0 bridgehead atoms. The molecule has 0 aliphatic carbocycles. The number of piperidine rings is 1. The summed E-state index contributed by atoms with van der Waals surface area (Å²) in [5.41, 5.74) is 1.25. The molecule has 3 N–H and O–H groups in total. The first-order valence-electron chi connectivity index (χ1n) is 6.63. The van der Waals surface area contributed by atoms with Crippen molar-refractivity contribution in [1.82, 2.24) is 16.0 Å². The van der Waals surface area contributed by atoms with Crippen molar-refractivity contribution in [1.29, 1.82) is 0 Å². The van der Waals surface area contributed by atoms with Crippen LogP contribution in [-0.2, 0) is 6.42 Å². The zero-order valence-electron chi connectivity index (χ0n) is 10.6. The number of hydrogen-bond donors (Lipinski definition) is 3. The molecule has 0 radical (unpaired) electrons. The van der Waals surface area contributed by atoms with Gasteiger partial charge in [-0.1, -0.05) is 30.3 Å². The van der Waals surface area contributed by atoms with E-state index >= 15 is 0 Å². The van der Waals surface area contributed by atoms with Crippen LogP contribution in [0.3, 0.4) is 0 Å². The van der Waals surface area contributed by atoms with E-state index in [1.165, 1.54) is 5.56 Å². The quantitative estimate of drug-likeness (QED) is 0.751. The summed E-state index contributed by atoms with van der Waals surface area (Å²) in [5.74, 6) is 0. The molecule has 1 heterocycles. The minimum absolute atomic E-state index is 0.0559. The molecule has 1 atom stereocenters. The smallest absolute Gasteiger partial charge is 0.315 e. The standard InChI is InChI=1S/C14H21N3O/c18-14(17-13-7-4-9-15-11-13)16-10-8-12-5-2-1-3-6-12/h1-3,5-6,13,15H,4,7-11H2,(H2,16,17,18)/t13-/m1/s1. The van der Waals surface area contributed by atoms with Crippen LogP contribution in [0.5, 0.6) is 0 Å². The molecule has 1 aliphatic rings. The first-order chi connectivity index (χ1) is 8.84. The maximum atomic E-state index is 11.7. The van der Waals surface area contributed by atoms with Gasteiger partial charge in [-0.15, -0.1) is 0 Å². The molecular weight excluding hydrogens is 226 g/mol. The molecule has 0 aromatic heterocycles. The molecular formula is C14H21N3O. The van der Waals surface area contributed by atoms with Gasteiger partial charge in [-0.25, -0.2) is 4.79 Å². The van der Waals surface area contributed by atoms with Crippen molar-refractivity contribution < 1.29 is 4.79 Å². The Morgan fingerprint density at radius 3 is 2.89 bits per heavy atom. The van der Waals surface area contributed by atoms with Gasteiger partial charge in [-0.05, 0) is 31.4 Å². The van der Waals surface area contributed by atoms with Gasteiger partial charge in [0, 0.05) is 19.1 Å². The lowest BCUT2D eigenvalue weighted by molar-refractivity contribution is 0.234. The van der Waals surface area contributed by atoms with Crippen molar-refractivity contribution in [3.63, 3.8) is 0 Å². The number of nitrogens with one attached hydrogen (secondary N) is 3. The largest absolute Gasteiger partial charge is 0.338 e. The first-order valence-corrected chi connectivity index (χ1v) is 6.63. The Kier molecular flexibility index (Phi) is 5.02. The minimum Gasteiger partial charge on any atom is -0.338 e. The molecule has 1 aromatic rings. The topological polar surface area (TPSA) is 53.2 Å². The van der Waals surface area contributed by atoms with Gasteiger partial charge in [0.2, 0.25) is 0 Å². The Balaban J connectivity index is 1.62. The molecule has 4 heteroatoms. The minimum atomic E-state index is -0.0559. The van der Waals surface area contributed by atoms with E-state index < -0.39 is 0 Å². The van der Waals surface area contributed by atoms with Crippen molar-refractivity contribution in [3.05, 3.63) is 35.9 Å². The van der Waals surface area contributed by atoms with Crippen LogP contribution in [0.25, 0.3) is 0 Å². The predicted molar refractivity (Wildman–Crippen MR) is 72.6 cm³/mol. The highest BCUT2D eigenvalue weighted by Gasteiger charge is 2.14. The molecule has 1 aliphatic heterocycles. The SMILES string of the molecule is O=C(NCCc1ccccc1)N[C@@H]1CCCNC1. The summed E-state index contributed by atoms with van der Waals surface area (Å²) in [6, 6.07) is 10.4. The molecule has 98 valence electrons. The Morgan fingerprint density at radius 2 is 2.17 bits per heavy atom. The Bertz CT molecular complexity index is 361. The summed E-state index contributed by atoms with van der Waals surface area (Å²) in [6.45, 7) is 2.62. The van der Waals surface area contributed by atoms with E-state index in [-0.39, 0.29) is 12.1 Å².